The van der Waals surface area contributed by atoms with E-state index >= 15 is 0 Å². The van der Waals surface area contributed by atoms with Crippen molar-refractivity contribution in [3.8, 4) is 5.75 Å². The molecule has 0 aliphatic rings. The van der Waals surface area contributed by atoms with E-state index in [9.17, 15) is 9.59 Å². The highest BCUT2D eigenvalue weighted by Crippen LogP contribution is 2.18. The average molecular weight is 342 g/mol. The Morgan fingerprint density at radius 3 is 2.60 bits per heavy atom. The van der Waals surface area contributed by atoms with Crippen molar-refractivity contribution in [1.82, 2.24) is 5.32 Å². The summed E-state index contributed by atoms with van der Waals surface area (Å²) < 4.78 is 10.3. The average Bonchev–Trinajstić information content (AvgIpc) is 2.63. The summed E-state index contributed by atoms with van der Waals surface area (Å²) in [5, 5.41) is 5.52. The first-order valence-corrected chi connectivity index (χ1v) is 8.06. The largest absolute Gasteiger partial charge is 0.494 e. The van der Waals surface area contributed by atoms with Crippen molar-refractivity contribution in [3.63, 3.8) is 0 Å². The Morgan fingerprint density at radius 1 is 1.04 bits per heavy atom. The molecule has 6 heteroatoms. The van der Waals surface area contributed by atoms with E-state index in [1.807, 2.05) is 6.92 Å². The van der Waals surface area contributed by atoms with Crippen molar-refractivity contribution in [1.29, 1.82) is 0 Å². The van der Waals surface area contributed by atoms with Crippen LogP contribution >= 0.6 is 0 Å². The second-order valence-corrected chi connectivity index (χ2v) is 5.21. The minimum atomic E-state index is -0.307. The minimum absolute atomic E-state index is 0.268. The summed E-state index contributed by atoms with van der Waals surface area (Å²) in [4.78, 5) is 24.7. The van der Waals surface area contributed by atoms with Gasteiger partial charge in [-0.25, -0.2) is 0 Å². The normalized spacial score (nSPS) is 10.2. The van der Waals surface area contributed by atoms with Crippen LogP contribution in [0.15, 0.2) is 48.5 Å². The van der Waals surface area contributed by atoms with Crippen molar-refractivity contribution in [2.45, 2.75) is 6.92 Å². The van der Waals surface area contributed by atoms with Crippen LogP contribution in [-0.4, -0.2) is 38.7 Å². The zero-order valence-electron chi connectivity index (χ0n) is 14.4. The molecule has 0 heterocycles. The van der Waals surface area contributed by atoms with E-state index in [2.05, 4.69) is 10.6 Å². The molecule has 25 heavy (non-hydrogen) atoms. The van der Waals surface area contributed by atoms with E-state index in [1.54, 1.807) is 55.6 Å². The van der Waals surface area contributed by atoms with Gasteiger partial charge in [0.2, 0.25) is 0 Å². The molecule has 0 aromatic heterocycles. The van der Waals surface area contributed by atoms with Crippen molar-refractivity contribution in [2.75, 3.05) is 32.2 Å². The lowest BCUT2D eigenvalue weighted by Gasteiger charge is -2.12. The van der Waals surface area contributed by atoms with Gasteiger partial charge in [0.25, 0.3) is 11.8 Å². The monoisotopic (exact) mass is 342 g/mol. The first-order valence-electron chi connectivity index (χ1n) is 8.06. The maximum Gasteiger partial charge on any atom is 0.255 e. The summed E-state index contributed by atoms with van der Waals surface area (Å²) in [6, 6.07) is 13.8. The Kier molecular flexibility index (Phi) is 6.98. The van der Waals surface area contributed by atoms with E-state index in [4.69, 9.17) is 9.47 Å². The van der Waals surface area contributed by atoms with Crippen LogP contribution in [0.25, 0.3) is 0 Å². The van der Waals surface area contributed by atoms with Gasteiger partial charge in [-0.05, 0) is 37.3 Å². The van der Waals surface area contributed by atoms with E-state index in [1.165, 1.54) is 0 Å². The maximum atomic E-state index is 12.5. The lowest BCUT2D eigenvalue weighted by Crippen LogP contribution is -2.28. The summed E-state index contributed by atoms with van der Waals surface area (Å²) in [6.45, 7) is 3.22. The molecule has 6 nitrogen and oxygen atoms in total. The molecule has 0 bridgehead atoms. The summed E-state index contributed by atoms with van der Waals surface area (Å²) in [6.07, 6.45) is 0. The van der Waals surface area contributed by atoms with E-state index in [-0.39, 0.29) is 11.8 Å². The molecule has 0 atom stereocenters. The van der Waals surface area contributed by atoms with Gasteiger partial charge in [-0.2, -0.15) is 0 Å². The summed E-state index contributed by atoms with van der Waals surface area (Å²) >= 11 is 0. The molecule has 0 aliphatic carbocycles. The molecule has 0 saturated carbocycles. The van der Waals surface area contributed by atoms with Crippen LogP contribution in [0.3, 0.4) is 0 Å². The first kappa shape index (κ1) is 18.5. The fourth-order valence-electron chi connectivity index (χ4n) is 2.24. The molecule has 0 unspecified atom stereocenters. The van der Waals surface area contributed by atoms with Crippen LogP contribution in [-0.2, 0) is 4.74 Å². The SMILES string of the molecule is CCOc1cccc(C(=O)Nc2ccccc2C(=O)NCCOC)c1. The van der Waals surface area contributed by atoms with Gasteiger partial charge in [-0.15, -0.1) is 0 Å². The minimum Gasteiger partial charge on any atom is -0.494 e. The Morgan fingerprint density at radius 2 is 1.84 bits per heavy atom. The Bertz CT molecular complexity index is 731. The topological polar surface area (TPSA) is 76.7 Å². The van der Waals surface area contributed by atoms with Crippen molar-refractivity contribution in [2.24, 2.45) is 0 Å². The molecule has 0 aliphatic heterocycles. The molecule has 0 saturated heterocycles. The van der Waals surface area contributed by atoms with Crippen LogP contribution in [0, 0.1) is 0 Å². The fraction of sp³-hybridized carbons (Fsp3) is 0.263. The van der Waals surface area contributed by atoms with Gasteiger partial charge in [0, 0.05) is 19.2 Å². The van der Waals surface area contributed by atoms with Crippen LogP contribution < -0.4 is 15.4 Å². The second kappa shape index (κ2) is 9.44. The molecule has 2 rings (SSSR count). The second-order valence-electron chi connectivity index (χ2n) is 5.21. The van der Waals surface area contributed by atoms with Crippen LogP contribution in [0.4, 0.5) is 5.69 Å². The Labute approximate surface area is 147 Å². The predicted octanol–water partition coefficient (Wildman–Crippen LogP) is 2.71. The number of methoxy groups -OCH3 is 1. The van der Waals surface area contributed by atoms with Crippen LogP contribution in [0.5, 0.6) is 5.75 Å². The molecule has 0 radical (unpaired) electrons. The van der Waals surface area contributed by atoms with Crippen molar-refractivity contribution >= 4 is 17.5 Å². The molecule has 0 fully saturated rings. The molecular formula is C19H22N2O4. The standard InChI is InChI=1S/C19H22N2O4/c1-3-25-15-8-6-7-14(13-15)18(22)21-17-10-5-4-9-16(17)19(23)20-11-12-24-2/h4-10,13H,3,11-12H2,1-2H3,(H,20,23)(H,21,22). The van der Waals surface area contributed by atoms with E-state index in [0.717, 1.165) is 0 Å². The molecule has 0 spiro atoms. The third-order valence-electron chi connectivity index (χ3n) is 3.42. The number of amides is 2. The van der Waals surface area contributed by atoms with Crippen LogP contribution in [0.2, 0.25) is 0 Å². The highest BCUT2D eigenvalue weighted by atomic mass is 16.5. The number of hydrogen-bond acceptors (Lipinski definition) is 4. The van der Waals surface area contributed by atoms with Gasteiger partial charge < -0.3 is 20.1 Å². The molecule has 2 amide bonds. The number of nitrogens with one attached hydrogen (secondary N) is 2. The Hall–Kier alpha value is -2.86. The number of carbonyl (C=O) groups is 2. The highest BCUT2D eigenvalue weighted by Gasteiger charge is 2.14. The van der Waals surface area contributed by atoms with Gasteiger partial charge in [0.1, 0.15) is 5.75 Å². The summed E-state index contributed by atoms with van der Waals surface area (Å²) in [7, 11) is 1.57. The van der Waals surface area contributed by atoms with Gasteiger partial charge in [0.05, 0.1) is 24.5 Å². The number of hydrogen-bond donors (Lipinski definition) is 2. The van der Waals surface area contributed by atoms with E-state index in [0.29, 0.717) is 42.3 Å². The number of para-hydroxylation sites is 1. The molecular weight excluding hydrogens is 320 g/mol. The molecule has 2 aromatic carbocycles. The smallest absolute Gasteiger partial charge is 0.255 e. The first-order chi connectivity index (χ1) is 12.2. The zero-order chi connectivity index (χ0) is 18.1. The number of rotatable bonds is 8. The number of ether oxygens (including phenoxy) is 2. The Balaban J connectivity index is 2.13. The summed E-state index contributed by atoms with van der Waals surface area (Å²) in [5.74, 6) is 0.0513. The zero-order valence-corrected chi connectivity index (χ0v) is 14.4. The molecule has 132 valence electrons. The summed E-state index contributed by atoms with van der Waals surface area (Å²) in [5.41, 5.74) is 1.30. The van der Waals surface area contributed by atoms with E-state index < -0.39 is 0 Å². The van der Waals surface area contributed by atoms with Crippen molar-refractivity contribution in [3.05, 3.63) is 59.7 Å². The highest BCUT2D eigenvalue weighted by molar-refractivity contribution is 6.09. The molecule has 2 N–H and O–H groups in total. The predicted molar refractivity (Wildman–Crippen MR) is 96.2 cm³/mol. The lowest BCUT2D eigenvalue weighted by molar-refractivity contribution is 0.0938. The van der Waals surface area contributed by atoms with Crippen LogP contribution in [0.1, 0.15) is 27.6 Å². The quantitative estimate of drug-likeness (QED) is 0.723. The van der Waals surface area contributed by atoms with Crippen molar-refractivity contribution < 1.29 is 19.1 Å². The number of carbonyl (C=O) groups excluding carboxylic acids is 2. The van der Waals surface area contributed by atoms with Gasteiger partial charge in [0.15, 0.2) is 0 Å². The third kappa shape index (κ3) is 5.32. The van der Waals surface area contributed by atoms with Gasteiger partial charge in [-0.1, -0.05) is 18.2 Å². The molecule has 2 aromatic rings. The number of anilines is 1. The lowest BCUT2D eigenvalue weighted by atomic mass is 10.1. The third-order valence-corrected chi connectivity index (χ3v) is 3.42. The number of benzene rings is 2. The maximum absolute atomic E-state index is 12.5. The van der Waals surface area contributed by atoms with Gasteiger partial charge >= 0.3 is 0 Å². The fourth-order valence-corrected chi connectivity index (χ4v) is 2.24. The van der Waals surface area contributed by atoms with Gasteiger partial charge in [-0.3, -0.25) is 9.59 Å².